The number of likely N-dealkylation sites (tertiary alicyclic amines) is 1. The molecule has 8 heteroatoms. The van der Waals surface area contributed by atoms with Crippen molar-refractivity contribution < 1.29 is 4.79 Å². The maximum absolute atomic E-state index is 12.4. The Kier molecular flexibility index (Phi) is 5.93. The summed E-state index contributed by atoms with van der Waals surface area (Å²) in [4.78, 5) is 14.3. The highest BCUT2D eigenvalue weighted by molar-refractivity contribution is 7.08. The highest BCUT2D eigenvalue weighted by Crippen LogP contribution is 2.24. The van der Waals surface area contributed by atoms with E-state index in [-0.39, 0.29) is 6.03 Å². The van der Waals surface area contributed by atoms with Crippen LogP contribution >= 0.6 is 11.3 Å². The summed E-state index contributed by atoms with van der Waals surface area (Å²) in [6, 6.07) is 1.90. The number of urea groups is 1. The number of hydrogen-bond donors (Lipinski definition) is 2. The fraction of sp³-hybridized carbons (Fsp3) is 0.611. The van der Waals surface area contributed by atoms with E-state index >= 15 is 0 Å². The Morgan fingerprint density at radius 3 is 2.96 bits per heavy atom. The zero-order chi connectivity index (χ0) is 18.6. The predicted octanol–water partition coefficient (Wildman–Crippen LogP) is 3.26. The minimum absolute atomic E-state index is 0.0229. The summed E-state index contributed by atoms with van der Waals surface area (Å²) in [7, 11) is 0. The topological polar surface area (TPSA) is 89.1 Å². The van der Waals surface area contributed by atoms with Gasteiger partial charge in [-0.1, -0.05) is 19.1 Å². The van der Waals surface area contributed by atoms with Crippen LogP contribution in [0.3, 0.4) is 0 Å². The fourth-order valence-corrected chi connectivity index (χ4v) is 4.02. The normalized spacial score (nSPS) is 18.1. The lowest BCUT2D eigenvalue weighted by Crippen LogP contribution is -2.43. The van der Waals surface area contributed by atoms with Gasteiger partial charge in [-0.05, 0) is 43.0 Å². The van der Waals surface area contributed by atoms with E-state index in [9.17, 15) is 4.79 Å². The van der Waals surface area contributed by atoms with E-state index in [0.29, 0.717) is 5.92 Å². The van der Waals surface area contributed by atoms with Gasteiger partial charge in [-0.15, -0.1) is 5.10 Å². The van der Waals surface area contributed by atoms with Crippen molar-refractivity contribution in [3.63, 3.8) is 0 Å². The number of nitrogens with one attached hydrogen (secondary N) is 1. The van der Waals surface area contributed by atoms with Crippen LogP contribution < -0.4 is 11.1 Å². The van der Waals surface area contributed by atoms with Gasteiger partial charge in [-0.3, -0.25) is 4.68 Å². The lowest BCUT2D eigenvalue weighted by Gasteiger charge is -2.32. The largest absolute Gasteiger partial charge is 0.324 e. The average Bonchev–Trinajstić information content (AvgIpc) is 3.33. The zero-order valence-electron chi connectivity index (χ0n) is 15.5. The summed E-state index contributed by atoms with van der Waals surface area (Å²) < 4.78 is 1.88. The van der Waals surface area contributed by atoms with Crippen LogP contribution in [-0.2, 0) is 12.1 Å². The molecule has 1 fully saturated rings. The van der Waals surface area contributed by atoms with Crippen LogP contribution in [0.4, 0.5) is 10.5 Å². The first kappa shape index (κ1) is 18.8. The van der Waals surface area contributed by atoms with Gasteiger partial charge in [0.05, 0.1) is 17.4 Å². The van der Waals surface area contributed by atoms with E-state index in [2.05, 4.69) is 29.5 Å². The first-order valence-electron chi connectivity index (χ1n) is 9.31. The molecule has 2 aromatic heterocycles. The van der Waals surface area contributed by atoms with Crippen molar-refractivity contribution in [2.75, 3.05) is 18.4 Å². The van der Waals surface area contributed by atoms with E-state index in [0.717, 1.165) is 56.7 Å². The van der Waals surface area contributed by atoms with Gasteiger partial charge in [0.15, 0.2) is 0 Å². The van der Waals surface area contributed by atoms with E-state index < -0.39 is 5.54 Å². The van der Waals surface area contributed by atoms with Crippen molar-refractivity contribution in [1.29, 1.82) is 0 Å². The zero-order valence-corrected chi connectivity index (χ0v) is 16.3. The maximum Gasteiger partial charge on any atom is 0.321 e. The molecule has 0 radical (unpaired) electrons. The van der Waals surface area contributed by atoms with E-state index in [1.165, 1.54) is 0 Å². The van der Waals surface area contributed by atoms with Crippen molar-refractivity contribution in [3.05, 3.63) is 28.7 Å². The van der Waals surface area contributed by atoms with Crippen molar-refractivity contribution in [1.82, 2.24) is 19.9 Å². The molecule has 142 valence electrons. The molecule has 3 N–H and O–H groups in total. The van der Waals surface area contributed by atoms with E-state index in [1.54, 1.807) is 11.3 Å². The van der Waals surface area contributed by atoms with Crippen LogP contribution in [-0.4, -0.2) is 39.0 Å². The van der Waals surface area contributed by atoms with Crippen LogP contribution in [0.2, 0.25) is 0 Å². The van der Waals surface area contributed by atoms with E-state index in [1.807, 2.05) is 32.6 Å². The van der Waals surface area contributed by atoms with Crippen LogP contribution in [0.1, 0.15) is 45.2 Å². The molecule has 26 heavy (non-hydrogen) atoms. The number of aromatic nitrogens is 3. The van der Waals surface area contributed by atoms with Crippen LogP contribution in [0.15, 0.2) is 23.0 Å². The van der Waals surface area contributed by atoms with Crippen LogP contribution in [0.25, 0.3) is 0 Å². The maximum atomic E-state index is 12.4. The summed E-state index contributed by atoms with van der Waals surface area (Å²) in [5.41, 5.74) is 7.72. The second kappa shape index (κ2) is 8.18. The van der Waals surface area contributed by atoms with Crippen LogP contribution in [0.5, 0.6) is 0 Å². The van der Waals surface area contributed by atoms with Gasteiger partial charge in [-0.2, -0.15) is 11.3 Å². The van der Waals surface area contributed by atoms with E-state index in [4.69, 9.17) is 5.73 Å². The number of piperidine rings is 1. The number of carbonyl (C=O) groups excluding carboxylic acids is 1. The lowest BCUT2D eigenvalue weighted by molar-refractivity contribution is 0.168. The molecular formula is C18H28N6OS. The van der Waals surface area contributed by atoms with Crippen LogP contribution in [0, 0.1) is 5.92 Å². The summed E-state index contributed by atoms with van der Waals surface area (Å²) in [5, 5.41) is 15.4. The molecule has 1 aliphatic heterocycles. The van der Waals surface area contributed by atoms with Crippen molar-refractivity contribution >= 4 is 23.1 Å². The molecule has 1 atom stereocenters. The highest BCUT2D eigenvalue weighted by Gasteiger charge is 2.28. The minimum atomic E-state index is -0.405. The Morgan fingerprint density at radius 2 is 2.27 bits per heavy atom. The Hall–Kier alpha value is -1.93. The van der Waals surface area contributed by atoms with Gasteiger partial charge in [0.25, 0.3) is 0 Å². The monoisotopic (exact) mass is 376 g/mol. The summed E-state index contributed by atoms with van der Waals surface area (Å²) in [5.74, 6) is 0.377. The van der Waals surface area contributed by atoms with Gasteiger partial charge in [-0.25, -0.2) is 4.79 Å². The van der Waals surface area contributed by atoms with Crippen molar-refractivity contribution in [3.8, 4) is 0 Å². The van der Waals surface area contributed by atoms with Gasteiger partial charge in [0.2, 0.25) is 0 Å². The molecule has 3 rings (SSSR count). The average molecular weight is 377 g/mol. The number of carbonyl (C=O) groups is 1. The summed E-state index contributed by atoms with van der Waals surface area (Å²) >= 11 is 1.58. The molecule has 0 bridgehead atoms. The third-order valence-corrected chi connectivity index (χ3v) is 6.02. The van der Waals surface area contributed by atoms with Gasteiger partial charge in [0, 0.05) is 25.0 Å². The SMILES string of the molecule is CCC(N)(CC)c1cn(C[C@H]2CCCN(C(=O)Nc3ccsc3)C2)nn1. The lowest BCUT2D eigenvalue weighted by atomic mass is 9.91. The number of nitrogens with two attached hydrogens (primary N) is 1. The molecule has 0 saturated carbocycles. The first-order chi connectivity index (χ1) is 12.5. The highest BCUT2D eigenvalue weighted by atomic mass is 32.1. The standard InChI is InChI=1S/C18H28N6OS/c1-3-18(19,4-2)16-12-24(22-21-16)11-14-6-5-8-23(10-14)17(25)20-15-7-9-26-13-15/h7,9,12-14H,3-6,8,10-11,19H2,1-2H3,(H,20,25)/t14-/m0/s1. The molecule has 0 aromatic carbocycles. The Balaban J connectivity index is 1.58. The molecule has 3 heterocycles. The number of rotatable bonds is 6. The molecule has 0 unspecified atom stereocenters. The minimum Gasteiger partial charge on any atom is -0.324 e. The number of thiophene rings is 1. The molecule has 0 aliphatic carbocycles. The predicted molar refractivity (Wildman–Crippen MR) is 104 cm³/mol. The summed E-state index contributed by atoms with van der Waals surface area (Å²) in [6.45, 7) is 6.45. The summed E-state index contributed by atoms with van der Waals surface area (Å²) in [6.07, 6.45) is 5.74. The quantitative estimate of drug-likeness (QED) is 0.810. The van der Waals surface area contributed by atoms with Gasteiger partial charge < -0.3 is 16.0 Å². The Bertz CT molecular complexity index is 709. The molecule has 1 aliphatic rings. The van der Waals surface area contributed by atoms with Gasteiger partial charge >= 0.3 is 6.03 Å². The number of anilines is 1. The van der Waals surface area contributed by atoms with Gasteiger partial charge in [0.1, 0.15) is 5.69 Å². The number of amides is 2. The van der Waals surface area contributed by atoms with Crippen molar-refractivity contribution in [2.24, 2.45) is 11.7 Å². The third kappa shape index (κ3) is 4.24. The first-order valence-corrected chi connectivity index (χ1v) is 10.3. The van der Waals surface area contributed by atoms with Crippen molar-refractivity contribution in [2.45, 2.75) is 51.6 Å². The Morgan fingerprint density at radius 1 is 1.46 bits per heavy atom. The number of nitrogens with zero attached hydrogens (tertiary/aromatic N) is 4. The number of hydrogen-bond acceptors (Lipinski definition) is 5. The molecule has 0 spiro atoms. The molecule has 7 nitrogen and oxygen atoms in total. The molecular weight excluding hydrogens is 348 g/mol. The Labute approximate surface area is 158 Å². The molecule has 2 aromatic rings. The molecule has 2 amide bonds. The molecule has 1 saturated heterocycles. The second-order valence-electron chi connectivity index (χ2n) is 7.09. The second-order valence-corrected chi connectivity index (χ2v) is 7.87. The fourth-order valence-electron chi connectivity index (χ4n) is 3.43. The smallest absolute Gasteiger partial charge is 0.321 e. The third-order valence-electron chi connectivity index (χ3n) is 5.33.